The lowest BCUT2D eigenvalue weighted by Crippen LogP contribution is -2.49. The molecule has 0 aliphatic heterocycles. The van der Waals surface area contributed by atoms with E-state index in [0.717, 1.165) is 18.4 Å². The number of hydrazine groups is 1. The number of amides is 2. The molecule has 1 aromatic carbocycles. The summed E-state index contributed by atoms with van der Waals surface area (Å²) in [6, 6.07) is 7.29. The highest BCUT2D eigenvalue weighted by Gasteiger charge is 2.35. The molecule has 0 unspecified atom stereocenters. The molecule has 1 aliphatic rings. The number of hydrogen-bond donors (Lipinski definition) is 3. The van der Waals surface area contributed by atoms with Gasteiger partial charge >= 0.3 is 5.97 Å². The Morgan fingerprint density at radius 2 is 1.79 bits per heavy atom. The van der Waals surface area contributed by atoms with Crippen LogP contribution >= 0.6 is 0 Å². The van der Waals surface area contributed by atoms with Crippen LogP contribution in [0, 0.1) is 18.8 Å². The number of carboxylic acids is 1. The van der Waals surface area contributed by atoms with Crippen LogP contribution in [0.1, 0.15) is 31.2 Å². The molecule has 130 valence electrons. The van der Waals surface area contributed by atoms with Gasteiger partial charge in [-0.2, -0.15) is 0 Å². The van der Waals surface area contributed by atoms with Gasteiger partial charge in [0.1, 0.15) is 5.75 Å². The zero-order valence-corrected chi connectivity index (χ0v) is 13.6. The molecule has 0 radical (unpaired) electrons. The fourth-order valence-electron chi connectivity index (χ4n) is 2.86. The highest BCUT2D eigenvalue weighted by molar-refractivity contribution is 5.87. The van der Waals surface area contributed by atoms with Crippen LogP contribution in [-0.2, 0) is 14.4 Å². The van der Waals surface area contributed by atoms with Crippen LogP contribution in [0.25, 0.3) is 0 Å². The standard InChI is InChI=1S/C17H22N2O5/c1-11-6-2-5-9-14(11)24-10-15(20)18-19-16(21)12-7-3-4-8-13(12)17(22)23/h2,5-6,9,12-13H,3-4,7-8,10H2,1H3,(H,18,20)(H,19,21)(H,22,23)/t12-,13-/m1/s1. The average Bonchev–Trinajstić information content (AvgIpc) is 2.59. The molecule has 0 spiro atoms. The summed E-state index contributed by atoms with van der Waals surface area (Å²) in [4.78, 5) is 35.1. The Hall–Kier alpha value is -2.57. The topological polar surface area (TPSA) is 105 Å². The van der Waals surface area contributed by atoms with E-state index in [2.05, 4.69) is 10.9 Å². The number of ether oxygens (including phenoxy) is 1. The van der Waals surface area contributed by atoms with Gasteiger partial charge in [0.05, 0.1) is 11.8 Å². The minimum Gasteiger partial charge on any atom is -0.483 e. The van der Waals surface area contributed by atoms with Gasteiger partial charge in [-0.1, -0.05) is 31.0 Å². The number of carbonyl (C=O) groups is 3. The SMILES string of the molecule is Cc1ccccc1OCC(=O)NNC(=O)[C@@H]1CCCC[C@H]1C(=O)O. The number of para-hydroxylation sites is 1. The van der Waals surface area contributed by atoms with Crippen molar-refractivity contribution < 1.29 is 24.2 Å². The van der Waals surface area contributed by atoms with E-state index in [0.29, 0.717) is 18.6 Å². The molecule has 7 nitrogen and oxygen atoms in total. The van der Waals surface area contributed by atoms with Crippen molar-refractivity contribution >= 4 is 17.8 Å². The number of carboxylic acid groups (broad SMARTS) is 1. The van der Waals surface area contributed by atoms with Crippen molar-refractivity contribution in [2.24, 2.45) is 11.8 Å². The molecular weight excluding hydrogens is 312 g/mol. The van der Waals surface area contributed by atoms with E-state index in [4.69, 9.17) is 4.74 Å². The van der Waals surface area contributed by atoms with Gasteiger partial charge in [0.15, 0.2) is 6.61 Å². The fourth-order valence-corrected chi connectivity index (χ4v) is 2.86. The first kappa shape index (κ1) is 17.8. The van der Waals surface area contributed by atoms with Crippen molar-refractivity contribution in [2.45, 2.75) is 32.6 Å². The zero-order chi connectivity index (χ0) is 17.5. The lowest BCUT2D eigenvalue weighted by Gasteiger charge is -2.27. The maximum atomic E-state index is 12.1. The number of aryl methyl sites for hydroxylation is 1. The Bertz CT molecular complexity index is 617. The summed E-state index contributed by atoms with van der Waals surface area (Å²) in [6.45, 7) is 1.63. The summed E-state index contributed by atoms with van der Waals surface area (Å²) < 4.78 is 5.38. The number of benzene rings is 1. The Morgan fingerprint density at radius 3 is 2.46 bits per heavy atom. The van der Waals surface area contributed by atoms with Gasteiger partial charge in [-0.25, -0.2) is 0 Å². The molecule has 0 heterocycles. The maximum absolute atomic E-state index is 12.1. The first-order chi connectivity index (χ1) is 11.5. The van der Waals surface area contributed by atoms with E-state index in [1.807, 2.05) is 19.1 Å². The molecule has 1 aliphatic carbocycles. The van der Waals surface area contributed by atoms with E-state index in [-0.39, 0.29) is 6.61 Å². The van der Waals surface area contributed by atoms with Gasteiger partial charge in [-0.3, -0.25) is 25.2 Å². The lowest BCUT2D eigenvalue weighted by molar-refractivity contribution is -0.149. The largest absolute Gasteiger partial charge is 0.483 e. The predicted molar refractivity (Wildman–Crippen MR) is 86.0 cm³/mol. The molecule has 1 fully saturated rings. The third-order valence-corrected chi connectivity index (χ3v) is 4.20. The predicted octanol–water partition coefficient (Wildman–Crippen LogP) is 1.41. The molecule has 0 saturated heterocycles. The molecule has 1 aromatic rings. The third kappa shape index (κ3) is 4.71. The second-order valence-electron chi connectivity index (χ2n) is 5.93. The molecule has 24 heavy (non-hydrogen) atoms. The fraction of sp³-hybridized carbons (Fsp3) is 0.471. The van der Waals surface area contributed by atoms with Gasteiger partial charge in [0.2, 0.25) is 5.91 Å². The molecule has 0 aromatic heterocycles. The summed E-state index contributed by atoms with van der Waals surface area (Å²) in [7, 11) is 0. The Labute approximate surface area is 140 Å². The lowest BCUT2D eigenvalue weighted by atomic mass is 9.79. The summed E-state index contributed by atoms with van der Waals surface area (Å²) in [5.41, 5.74) is 5.48. The minimum atomic E-state index is -0.968. The van der Waals surface area contributed by atoms with Crippen molar-refractivity contribution in [3.8, 4) is 5.75 Å². The highest BCUT2D eigenvalue weighted by atomic mass is 16.5. The van der Waals surface area contributed by atoms with Gasteiger partial charge in [-0.05, 0) is 31.4 Å². The van der Waals surface area contributed by atoms with Gasteiger partial charge < -0.3 is 9.84 Å². The molecule has 2 atom stereocenters. The van der Waals surface area contributed by atoms with Crippen molar-refractivity contribution in [3.05, 3.63) is 29.8 Å². The zero-order valence-electron chi connectivity index (χ0n) is 13.6. The summed E-state index contributed by atoms with van der Waals surface area (Å²) in [5, 5.41) is 9.18. The summed E-state index contributed by atoms with van der Waals surface area (Å²) in [5.74, 6) is -2.66. The average molecular weight is 334 g/mol. The van der Waals surface area contributed by atoms with Crippen LogP contribution < -0.4 is 15.6 Å². The number of carbonyl (C=O) groups excluding carboxylic acids is 2. The van der Waals surface area contributed by atoms with Crippen LogP contribution in [0.4, 0.5) is 0 Å². The molecule has 0 bridgehead atoms. The van der Waals surface area contributed by atoms with Crippen molar-refractivity contribution in [1.29, 1.82) is 0 Å². The van der Waals surface area contributed by atoms with Crippen LogP contribution in [-0.4, -0.2) is 29.5 Å². The Morgan fingerprint density at radius 1 is 1.12 bits per heavy atom. The Kier molecular flexibility index (Phi) is 6.17. The third-order valence-electron chi connectivity index (χ3n) is 4.20. The summed E-state index contributed by atoms with van der Waals surface area (Å²) in [6.07, 6.45) is 2.61. The van der Waals surface area contributed by atoms with Crippen molar-refractivity contribution in [3.63, 3.8) is 0 Å². The number of hydrogen-bond acceptors (Lipinski definition) is 4. The molecule has 3 N–H and O–H groups in total. The smallest absolute Gasteiger partial charge is 0.307 e. The monoisotopic (exact) mass is 334 g/mol. The van der Waals surface area contributed by atoms with Crippen LogP contribution in [0.3, 0.4) is 0 Å². The second kappa shape index (κ2) is 8.33. The van der Waals surface area contributed by atoms with E-state index >= 15 is 0 Å². The maximum Gasteiger partial charge on any atom is 0.307 e. The summed E-state index contributed by atoms with van der Waals surface area (Å²) >= 11 is 0. The molecule has 1 saturated carbocycles. The molecule has 2 rings (SSSR count). The first-order valence-corrected chi connectivity index (χ1v) is 7.99. The number of aliphatic carboxylic acids is 1. The van der Waals surface area contributed by atoms with Gasteiger partial charge in [-0.15, -0.1) is 0 Å². The molecule has 7 heteroatoms. The first-order valence-electron chi connectivity index (χ1n) is 7.99. The van der Waals surface area contributed by atoms with E-state index < -0.39 is 29.6 Å². The van der Waals surface area contributed by atoms with E-state index in [1.54, 1.807) is 12.1 Å². The normalized spacial score (nSPS) is 20.0. The number of rotatable bonds is 5. The molecular formula is C17H22N2O5. The van der Waals surface area contributed by atoms with E-state index in [1.165, 1.54) is 0 Å². The van der Waals surface area contributed by atoms with Crippen molar-refractivity contribution in [1.82, 2.24) is 10.9 Å². The highest BCUT2D eigenvalue weighted by Crippen LogP contribution is 2.30. The van der Waals surface area contributed by atoms with Gasteiger partial charge in [0.25, 0.3) is 5.91 Å². The Balaban J connectivity index is 1.79. The second-order valence-corrected chi connectivity index (χ2v) is 5.93. The number of nitrogens with one attached hydrogen (secondary N) is 2. The van der Waals surface area contributed by atoms with Gasteiger partial charge in [0, 0.05) is 0 Å². The van der Waals surface area contributed by atoms with Crippen molar-refractivity contribution in [2.75, 3.05) is 6.61 Å². The minimum absolute atomic E-state index is 0.238. The van der Waals surface area contributed by atoms with Crippen LogP contribution in [0.5, 0.6) is 5.75 Å². The molecule has 2 amide bonds. The quantitative estimate of drug-likeness (QED) is 0.706. The van der Waals surface area contributed by atoms with Crippen LogP contribution in [0.15, 0.2) is 24.3 Å². The van der Waals surface area contributed by atoms with E-state index in [9.17, 15) is 19.5 Å². The van der Waals surface area contributed by atoms with Crippen LogP contribution in [0.2, 0.25) is 0 Å².